The van der Waals surface area contributed by atoms with E-state index < -0.39 is 11.5 Å². The van der Waals surface area contributed by atoms with Gasteiger partial charge >= 0.3 is 0 Å². The van der Waals surface area contributed by atoms with Gasteiger partial charge in [0.1, 0.15) is 17.1 Å². The predicted octanol–water partition coefficient (Wildman–Crippen LogP) is 3.14. The van der Waals surface area contributed by atoms with Crippen LogP contribution in [0.3, 0.4) is 0 Å². The second-order valence-corrected chi connectivity index (χ2v) is 5.56. The quantitative estimate of drug-likeness (QED) is 0.677. The van der Waals surface area contributed by atoms with Gasteiger partial charge in [0.2, 0.25) is 0 Å². The Labute approximate surface area is 143 Å². The van der Waals surface area contributed by atoms with Crippen LogP contribution >= 0.6 is 0 Å². The number of H-pyrrole nitrogens is 1. The number of aromatic amines is 1. The van der Waals surface area contributed by atoms with Gasteiger partial charge in [0.05, 0.1) is 6.26 Å². The molecule has 0 saturated heterocycles. The highest BCUT2D eigenvalue weighted by Crippen LogP contribution is 2.16. The van der Waals surface area contributed by atoms with Crippen LogP contribution in [0, 0.1) is 5.82 Å². The van der Waals surface area contributed by atoms with E-state index in [4.69, 9.17) is 4.42 Å². The van der Waals surface area contributed by atoms with Gasteiger partial charge in [0.25, 0.3) is 11.5 Å². The Hall–Kier alpha value is -3.15. The highest BCUT2D eigenvalue weighted by atomic mass is 19.1. The van der Waals surface area contributed by atoms with E-state index in [1.807, 2.05) is 12.1 Å². The average molecular weight is 340 g/mol. The first-order valence-corrected chi connectivity index (χ1v) is 7.93. The minimum absolute atomic E-state index is 0.0452. The molecule has 2 N–H and O–H groups in total. The topological polar surface area (TPSA) is 75.1 Å². The number of amides is 1. The second kappa shape index (κ2) is 7.61. The molecule has 0 bridgehead atoms. The lowest BCUT2D eigenvalue weighted by molar-refractivity contribution is 0.0951. The van der Waals surface area contributed by atoms with Crippen LogP contribution in [-0.2, 0) is 6.42 Å². The Kier molecular flexibility index (Phi) is 5.09. The highest BCUT2D eigenvalue weighted by molar-refractivity contribution is 5.94. The zero-order valence-corrected chi connectivity index (χ0v) is 13.4. The van der Waals surface area contributed by atoms with Gasteiger partial charge in [-0.05, 0) is 60.5 Å². The number of furan rings is 1. The van der Waals surface area contributed by atoms with E-state index in [9.17, 15) is 14.0 Å². The fourth-order valence-electron chi connectivity index (χ4n) is 2.46. The third-order valence-electron chi connectivity index (χ3n) is 3.77. The first-order chi connectivity index (χ1) is 12.1. The van der Waals surface area contributed by atoms with Gasteiger partial charge in [0, 0.05) is 18.7 Å². The summed E-state index contributed by atoms with van der Waals surface area (Å²) in [5.41, 5.74) is 0.762. The number of hydrogen-bond donors (Lipinski definition) is 2. The number of carbonyl (C=O) groups is 1. The highest BCUT2D eigenvalue weighted by Gasteiger charge is 2.11. The third kappa shape index (κ3) is 4.23. The SMILES string of the molecule is O=C(NCCCc1ccco1)c1ccc(-c2ccc(F)cc2)[nH]c1=O. The molecule has 0 aliphatic rings. The Morgan fingerprint density at radius 1 is 1.12 bits per heavy atom. The fourth-order valence-corrected chi connectivity index (χ4v) is 2.46. The molecular formula is C19H17FN2O3. The molecule has 6 heteroatoms. The summed E-state index contributed by atoms with van der Waals surface area (Å²) in [6, 6.07) is 12.5. The number of benzene rings is 1. The zero-order chi connectivity index (χ0) is 17.6. The second-order valence-electron chi connectivity index (χ2n) is 5.56. The van der Waals surface area contributed by atoms with E-state index in [1.165, 1.54) is 18.2 Å². The molecule has 0 fully saturated rings. The number of aryl methyl sites for hydroxylation is 1. The molecule has 0 spiro atoms. The summed E-state index contributed by atoms with van der Waals surface area (Å²) in [5, 5.41) is 2.72. The molecule has 0 aliphatic carbocycles. The van der Waals surface area contributed by atoms with Gasteiger partial charge in [-0.25, -0.2) is 4.39 Å². The predicted molar refractivity (Wildman–Crippen MR) is 91.8 cm³/mol. The Bertz CT molecular complexity index is 899. The number of aromatic nitrogens is 1. The summed E-state index contributed by atoms with van der Waals surface area (Å²) in [7, 11) is 0. The van der Waals surface area contributed by atoms with Crippen LogP contribution in [0.2, 0.25) is 0 Å². The molecule has 0 atom stereocenters. The molecule has 0 aliphatic heterocycles. The summed E-state index contributed by atoms with van der Waals surface area (Å²) in [6.07, 6.45) is 3.04. The zero-order valence-electron chi connectivity index (χ0n) is 13.4. The number of rotatable bonds is 6. The molecule has 0 radical (unpaired) electrons. The minimum atomic E-state index is -0.481. The lowest BCUT2D eigenvalue weighted by Gasteiger charge is -2.06. The molecule has 25 heavy (non-hydrogen) atoms. The maximum absolute atomic E-state index is 13.0. The van der Waals surface area contributed by atoms with Crippen molar-refractivity contribution in [3.8, 4) is 11.3 Å². The number of carbonyl (C=O) groups excluding carboxylic acids is 1. The van der Waals surface area contributed by atoms with Crippen molar-refractivity contribution in [1.82, 2.24) is 10.3 Å². The molecule has 3 aromatic rings. The van der Waals surface area contributed by atoms with E-state index in [1.54, 1.807) is 24.5 Å². The normalized spacial score (nSPS) is 10.6. The first-order valence-electron chi connectivity index (χ1n) is 7.93. The first kappa shape index (κ1) is 16.7. The molecular weight excluding hydrogens is 323 g/mol. The maximum Gasteiger partial charge on any atom is 0.261 e. The lowest BCUT2D eigenvalue weighted by Crippen LogP contribution is -2.30. The van der Waals surface area contributed by atoms with Crippen molar-refractivity contribution in [3.05, 3.63) is 82.3 Å². The summed E-state index contributed by atoms with van der Waals surface area (Å²) >= 11 is 0. The summed E-state index contributed by atoms with van der Waals surface area (Å²) < 4.78 is 18.2. The number of halogens is 1. The number of hydrogen-bond acceptors (Lipinski definition) is 3. The standard InChI is InChI=1S/C19H17FN2O3/c20-14-7-5-13(6-8-14)17-10-9-16(19(24)22-17)18(23)21-11-1-3-15-4-2-12-25-15/h2,4-10,12H,1,3,11H2,(H,21,23)(H,22,24). The monoisotopic (exact) mass is 340 g/mol. The van der Waals surface area contributed by atoms with E-state index >= 15 is 0 Å². The summed E-state index contributed by atoms with van der Waals surface area (Å²) in [6.45, 7) is 0.443. The Morgan fingerprint density at radius 2 is 1.92 bits per heavy atom. The van der Waals surface area contributed by atoms with Crippen molar-refractivity contribution in [3.63, 3.8) is 0 Å². The number of pyridine rings is 1. The van der Waals surface area contributed by atoms with Gasteiger partial charge in [-0.2, -0.15) is 0 Å². The van der Waals surface area contributed by atoms with Gasteiger partial charge in [-0.15, -0.1) is 0 Å². The lowest BCUT2D eigenvalue weighted by atomic mass is 10.1. The van der Waals surface area contributed by atoms with Gasteiger partial charge in [-0.3, -0.25) is 9.59 Å². The van der Waals surface area contributed by atoms with Crippen molar-refractivity contribution < 1.29 is 13.6 Å². The third-order valence-corrected chi connectivity index (χ3v) is 3.77. The van der Waals surface area contributed by atoms with Crippen molar-refractivity contribution in [2.45, 2.75) is 12.8 Å². The van der Waals surface area contributed by atoms with Crippen molar-refractivity contribution in [2.75, 3.05) is 6.54 Å². The molecule has 5 nitrogen and oxygen atoms in total. The maximum atomic E-state index is 13.0. The van der Waals surface area contributed by atoms with Crippen molar-refractivity contribution in [1.29, 1.82) is 0 Å². The smallest absolute Gasteiger partial charge is 0.261 e. The van der Waals surface area contributed by atoms with E-state index in [0.717, 1.165) is 5.76 Å². The van der Waals surface area contributed by atoms with Crippen LogP contribution in [0.1, 0.15) is 22.5 Å². The largest absolute Gasteiger partial charge is 0.469 e. The van der Waals surface area contributed by atoms with Crippen LogP contribution in [0.4, 0.5) is 4.39 Å². The molecule has 1 amide bonds. The molecule has 1 aromatic carbocycles. The summed E-state index contributed by atoms with van der Waals surface area (Å²) in [5.74, 6) is 0.0822. The molecule has 3 rings (SSSR count). The van der Waals surface area contributed by atoms with Gasteiger partial charge < -0.3 is 14.7 Å². The fraction of sp³-hybridized carbons (Fsp3) is 0.158. The molecule has 0 unspecified atom stereocenters. The number of nitrogens with one attached hydrogen (secondary N) is 2. The molecule has 2 heterocycles. The Morgan fingerprint density at radius 3 is 2.60 bits per heavy atom. The van der Waals surface area contributed by atoms with Crippen molar-refractivity contribution >= 4 is 5.91 Å². The summed E-state index contributed by atoms with van der Waals surface area (Å²) in [4.78, 5) is 26.9. The molecule has 128 valence electrons. The van der Waals surface area contributed by atoms with Crippen LogP contribution in [-0.4, -0.2) is 17.4 Å². The van der Waals surface area contributed by atoms with Gasteiger partial charge in [-0.1, -0.05) is 0 Å². The van der Waals surface area contributed by atoms with Crippen LogP contribution in [0.15, 0.2) is 64.0 Å². The molecule has 0 saturated carbocycles. The van der Waals surface area contributed by atoms with Crippen molar-refractivity contribution in [2.24, 2.45) is 0 Å². The van der Waals surface area contributed by atoms with Crippen LogP contribution in [0.5, 0.6) is 0 Å². The van der Waals surface area contributed by atoms with E-state index in [-0.39, 0.29) is 11.4 Å². The Balaban J connectivity index is 1.61. The van der Waals surface area contributed by atoms with E-state index in [0.29, 0.717) is 30.6 Å². The van der Waals surface area contributed by atoms with Crippen LogP contribution < -0.4 is 10.9 Å². The minimum Gasteiger partial charge on any atom is -0.469 e. The molecule has 2 aromatic heterocycles. The van der Waals surface area contributed by atoms with Crippen LogP contribution in [0.25, 0.3) is 11.3 Å². The average Bonchev–Trinajstić information content (AvgIpc) is 3.12. The van der Waals surface area contributed by atoms with E-state index in [2.05, 4.69) is 10.3 Å². The van der Waals surface area contributed by atoms with Gasteiger partial charge in [0.15, 0.2) is 0 Å².